The standard InChI is InChI=1S/C13H19N3O/c14-12-10(5-4-8-16-12)11(17)9-13(15)6-2-1-3-7-13/h4-5,8H,1-3,6-7,9,15H2,(H2,14,16). The summed E-state index contributed by atoms with van der Waals surface area (Å²) in [6.07, 6.45) is 7.28. The highest BCUT2D eigenvalue weighted by molar-refractivity contribution is 6.00. The maximum absolute atomic E-state index is 12.1. The molecule has 4 nitrogen and oxygen atoms in total. The number of nitrogens with zero attached hydrogens (tertiary/aromatic N) is 1. The molecule has 1 fully saturated rings. The second-order valence-corrected chi connectivity index (χ2v) is 4.96. The molecule has 0 spiro atoms. The summed E-state index contributed by atoms with van der Waals surface area (Å²) in [6, 6.07) is 3.45. The third-order valence-corrected chi connectivity index (χ3v) is 3.50. The smallest absolute Gasteiger partial charge is 0.168 e. The van der Waals surface area contributed by atoms with Crippen LogP contribution >= 0.6 is 0 Å². The summed E-state index contributed by atoms with van der Waals surface area (Å²) in [7, 11) is 0. The molecule has 0 aliphatic heterocycles. The first-order valence-electron chi connectivity index (χ1n) is 6.13. The average molecular weight is 233 g/mol. The van der Waals surface area contributed by atoms with Crippen molar-refractivity contribution < 1.29 is 4.79 Å². The molecular formula is C13H19N3O. The molecule has 4 heteroatoms. The molecule has 1 heterocycles. The monoisotopic (exact) mass is 233 g/mol. The molecule has 0 atom stereocenters. The Kier molecular flexibility index (Phi) is 3.43. The van der Waals surface area contributed by atoms with Gasteiger partial charge in [0.1, 0.15) is 5.82 Å². The van der Waals surface area contributed by atoms with E-state index in [2.05, 4.69) is 4.98 Å². The summed E-state index contributed by atoms with van der Waals surface area (Å²) < 4.78 is 0. The van der Waals surface area contributed by atoms with Crippen LogP contribution in [0.5, 0.6) is 0 Å². The summed E-state index contributed by atoms with van der Waals surface area (Å²) >= 11 is 0. The molecule has 0 aromatic carbocycles. The number of nitrogens with two attached hydrogens (primary N) is 2. The molecule has 1 saturated carbocycles. The molecule has 1 aromatic rings. The van der Waals surface area contributed by atoms with Gasteiger partial charge in [-0.15, -0.1) is 0 Å². The van der Waals surface area contributed by atoms with Crippen LogP contribution < -0.4 is 11.5 Å². The van der Waals surface area contributed by atoms with E-state index >= 15 is 0 Å². The van der Waals surface area contributed by atoms with E-state index in [9.17, 15) is 4.79 Å². The highest BCUT2D eigenvalue weighted by Crippen LogP contribution is 2.30. The van der Waals surface area contributed by atoms with Gasteiger partial charge in [0.25, 0.3) is 0 Å². The quantitative estimate of drug-likeness (QED) is 0.781. The highest BCUT2D eigenvalue weighted by atomic mass is 16.1. The summed E-state index contributed by atoms with van der Waals surface area (Å²) in [6.45, 7) is 0. The highest BCUT2D eigenvalue weighted by Gasteiger charge is 2.30. The van der Waals surface area contributed by atoms with E-state index in [0.717, 1.165) is 25.7 Å². The first-order valence-corrected chi connectivity index (χ1v) is 6.13. The van der Waals surface area contributed by atoms with E-state index < -0.39 is 0 Å². The predicted octanol–water partition coefficient (Wildman–Crippen LogP) is 1.90. The minimum Gasteiger partial charge on any atom is -0.383 e. The third kappa shape index (κ3) is 2.82. The Morgan fingerprint density at radius 3 is 2.71 bits per heavy atom. The van der Waals surface area contributed by atoms with Crippen molar-refractivity contribution in [2.45, 2.75) is 44.1 Å². The van der Waals surface area contributed by atoms with Crippen LogP contribution in [0.2, 0.25) is 0 Å². The number of hydrogen-bond donors (Lipinski definition) is 2. The van der Waals surface area contributed by atoms with Gasteiger partial charge in [-0.3, -0.25) is 4.79 Å². The lowest BCUT2D eigenvalue weighted by molar-refractivity contribution is 0.0935. The number of carbonyl (C=O) groups excluding carboxylic acids is 1. The van der Waals surface area contributed by atoms with Gasteiger partial charge in [0, 0.05) is 18.2 Å². The Labute approximate surface area is 101 Å². The van der Waals surface area contributed by atoms with Crippen molar-refractivity contribution in [2.24, 2.45) is 5.73 Å². The Balaban J connectivity index is 2.09. The molecule has 0 bridgehead atoms. The summed E-state index contributed by atoms with van der Waals surface area (Å²) in [5.74, 6) is 0.317. The number of aromatic nitrogens is 1. The van der Waals surface area contributed by atoms with Crippen molar-refractivity contribution in [3.63, 3.8) is 0 Å². The second kappa shape index (κ2) is 4.84. The zero-order chi connectivity index (χ0) is 12.3. The Morgan fingerprint density at radius 2 is 2.06 bits per heavy atom. The molecule has 0 radical (unpaired) electrons. The van der Waals surface area contributed by atoms with Crippen molar-refractivity contribution in [2.75, 3.05) is 5.73 Å². The van der Waals surface area contributed by atoms with Gasteiger partial charge in [-0.1, -0.05) is 19.3 Å². The van der Waals surface area contributed by atoms with E-state index in [1.54, 1.807) is 18.3 Å². The molecule has 17 heavy (non-hydrogen) atoms. The lowest BCUT2D eigenvalue weighted by atomic mass is 9.78. The fourth-order valence-corrected chi connectivity index (χ4v) is 2.50. The number of Topliss-reactive ketones (excluding diaryl/α,β-unsaturated/α-hetero) is 1. The molecule has 0 saturated heterocycles. The van der Waals surface area contributed by atoms with Crippen molar-refractivity contribution in [3.05, 3.63) is 23.9 Å². The first-order chi connectivity index (χ1) is 8.11. The fourth-order valence-electron chi connectivity index (χ4n) is 2.50. The number of carbonyl (C=O) groups is 1. The second-order valence-electron chi connectivity index (χ2n) is 4.96. The van der Waals surface area contributed by atoms with Gasteiger partial charge >= 0.3 is 0 Å². The maximum atomic E-state index is 12.1. The zero-order valence-corrected chi connectivity index (χ0v) is 9.98. The molecule has 1 aromatic heterocycles. The minimum absolute atomic E-state index is 0.0139. The van der Waals surface area contributed by atoms with Crippen LogP contribution in [0.4, 0.5) is 5.82 Å². The van der Waals surface area contributed by atoms with Crippen LogP contribution in [0.3, 0.4) is 0 Å². The van der Waals surface area contributed by atoms with Crippen LogP contribution in [0.1, 0.15) is 48.9 Å². The molecular weight excluding hydrogens is 214 g/mol. The first kappa shape index (κ1) is 12.0. The van der Waals surface area contributed by atoms with Crippen LogP contribution in [0, 0.1) is 0 Å². The zero-order valence-electron chi connectivity index (χ0n) is 9.98. The summed E-state index contributed by atoms with van der Waals surface area (Å²) in [5, 5.41) is 0. The van der Waals surface area contributed by atoms with Gasteiger partial charge in [-0.2, -0.15) is 0 Å². The largest absolute Gasteiger partial charge is 0.383 e. The molecule has 1 aliphatic rings. The average Bonchev–Trinajstić information content (AvgIpc) is 2.29. The molecule has 92 valence electrons. The van der Waals surface area contributed by atoms with Crippen molar-refractivity contribution in [1.29, 1.82) is 0 Å². The Bertz CT molecular complexity index is 411. The van der Waals surface area contributed by atoms with Crippen molar-refractivity contribution in [1.82, 2.24) is 4.98 Å². The van der Waals surface area contributed by atoms with E-state index in [1.165, 1.54) is 6.42 Å². The third-order valence-electron chi connectivity index (χ3n) is 3.50. The topological polar surface area (TPSA) is 82.0 Å². The van der Waals surface area contributed by atoms with Gasteiger partial charge in [0.05, 0.1) is 5.56 Å². The molecule has 1 aliphatic carbocycles. The lowest BCUT2D eigenvalue weighted by Crippen LogP contribution is -2.43. The molecule has 0 amide bonds. The molecule has 4 N–H and O–H groups in total. The normalized spacial score (nSPS) is 18.9. The Hall–Kier alpha value is -1.42. The SMILES string of the molecule is Nc1ncccc1C(=O)CC1(N)CCCCC1. The predicted molar refractivity (Wildman–Crippen MR) is 67.6 cm³/mol. The van der Waals surface area contributed by atoms with E-state index in [4.69, 9.17) is 11.5 Å². The summed E-state index contributed by atoms with van der Waals surface area (Å²) in [4.78, 5) is 16.1. The van der Waals surface area contributed by atoms with Gasteiger partial charge in [0.2, 0.25) is 0 Å². The number of ketones is 1. The van der Waals surface area contributed by atoms with Crippen LogP contribution in [-0.4, -0.2) is 16.3 Å². The van der Waals surface area contributed by atoms with E-state index in [1.807, 2.05) is 0 Å². The lowest BCUT2D eigenvalue weighted by Gasteiger charge is -2.32. The van der Waals surface area contributed by atoms with Gasteiger partial charge < -0.3 is 11.5 Å². The van der Waals surface area contributed by atoms with Crippen molar-refractivity contribution >= 4 is 11.6 Å². The van der Waals surface area contributed by atoms with Gasteiger partial charge in [-0.25, -0.2) is 4.98 Å². The van der Waals surface area contributed by atoms with Crippen molar-refractivity contribution in [3.8, 4) is 0 Å². The molecule has 0 unspecified atom stereocenters. The van der Waals surface area contributed by atoms with Gasteiger partial charge in [-0.05, 0) is 25.0 Å². The number of rotatable bonds is 3. The van der Waals surface area contributed by atoms with Crippen LogP contribution in [0.25, 0.3) is 0 Å². The van der Waals surface area contributed by atoms with Gasteiger partial charge in [0.15, 0.2) is 5.78 Å². The molecule has 2 rings (SSSR count). The Morgan fingerprint density at radius 1 is 1.35 bits per heavy atom. The fraction of sp³-hybridized carbons (Fsp3) is 0.538. The maximum Gasteiger partial charge on any atom is 0.168 e. The number of hydrogen-bond acceptors (Lipinski definition) is 4. The number of anilines is 1. The van der Waals surface area contributed by atoms with E-state index in [-0.39, 0.29) is 11.3 Å². The van der Waals surface area contributed by atoms with Crippen LogP contribution in [-0.2, 0) is 0 Å². The van der Waals surface area contributed by atoms with E-state index in [0.29, 0.717) is 17.8 Å². The minimum atomic E-state index is -0.336. The number of pyridine rings is 1. The number of nitrogen functional groups attached to an aromatic ring is 1. The summed E-state index contributed by atoms with van der Waals surface area (Å²) in [5.41, 5.74) is 12.1. The van der Waals surface area contributed by atoms with Crippen LogP contribution in [0.15, 0.2) is 18.3 Å².